The molecule has 0 fully saturated rings. The normalized spacial score (nSPS) is 14.8. The first-order valence-electron chi connectivity index (χ1n) is 5.98. The van der Waals surface area contributed by atoms with Crippen molar-refractivity contribution in [2.45, 2.75) is 32.7 Å². The summed E-state index contributed by atoms with van der Waals surface area (Å²) in [5.74, 6) is 0. The van der Waals surface area contributed by atoms with Crippen LogP contribution in [0.5, 0.6) is 0 Å². The first-order chi connectivity index (χ1) is 8.08. The lowest BCUT2D eigenvalue weighted by Gasteiger charge is -2.20. The van der Waals surface area contributed by atoms with Crippen LogP contribution in [0.15, 0.2) is 18.2 Å². The van der Waals surface area contributed by atoms with Crippen LogP contribution < -0.4 is 5.32 Å². The maximum absolute atomic E-state index is 6.09. The zero-order chi connectivity index (χ0) is 12.4. The Morgan fingerprint density at radius 1 is 1.24 bits per heavy atom. The fourth-order valence-corrected chi connectivity index (χ4v) is 2.44. The average molecular weight is 270 g/mol. The van der Waals surface area contributed by atoms with E-state index in [2.05, 4.69) is 25.2 Å². The van der Waals surface area contributed by atoms with E-state index in [1.165, 1.54) is 16.7 Å². The summed E-state index contributed by atoms with van der Waals surface area (Å²) < 4.78 is 0. The number of rotatable bonds is 3. The molecule has 0 aliphatic heterocycles. The molecular weight excluding hydrogens is 253 g/mol. The van der Waals surface area contributed by atoms with Gasteiger partial charge in [-0.2, -0.15) is 0 Å². The molecule has 0 amide bonds. The molecule has 0 radical (unpaired) electrons. The molecular formula is C14H17Cl2N. The number of hydrogen-bond acceptors (Lipinski definition) is 1. The maximum atomic E-state index is 6.09. The number of nitrogens with one attached hydrogen (secondary N) is 1. The number of hydrogen-bond donors (Lipinski definition) is 1. The third-order valence-electron chi connectivity index (χ3n) is 3.00. The molecule has 1 aromatic rings. The Morgan fingerprint density at radius 3 is 2.65 bits per heavy atom. The average Bonchev–Trinajstić information content (AvgIpc) is 2.28. The minimum Gasteiger partial charge on any atom is -0.310 e. The molecule has 0 bridgehead atoms. The summed E-state index contributed by atoms with van der Waals surface area (Å²) in [5.41, 5.74) is 3.89. The van der Waals surface area contributed by atoms with E-state index in [0.29, 0.717) is 16.1 Å². The first kappa shape index (κ1) is 12.9. The van der Waals surface area contributed by atoms with Crippen molar-refractivity contribution in [3.8, 4) is 0 Å². The number of aryl methyl sites for hydroxylation is 1. The molecule has 1 N–H and O–H groups in total. The highest BCUT2D eigenvalue weighted by molar-refractivity contribution is 6.42. The van der Waals surface area contributed by atoms with Gasteiger partial charge in [0.1, 0.15) is 0 Å². The van der Waals surface area contributed by atoms with Gasteiger partial charge in [0.2, 0.25) is 0 Å². The summed E-state index contributed by atoms with van der Waals surface area (Å²) >= 11 is 12.1. The quantitative estimate of drug-likeness (QED) is 0.862. The van der Waals surface area contributed by atoms with Crippen LogP contribution in [0.3, 0.4) is 0 Å². The summed E-state index contributed by atoms with van der Waals surface area (Å²) in [6, 6.07) is 4.48. The summed E-state index contributed by atoms with van der Waals surface area (Å²) in [5, 5.41) is 4.74. The Morgan fingerprint density at radius 2 is 1.94 bits per heavy atom. The van der Waals surface area contributed by atoms with Crippen LogP contribution in [0.1, 0.15) is 31.4 Å². The van der Waals surface area contributed by atoms with Crippen molar-refractivity contribution < 1.29 is 0 Å². The molecule has 1 aromatic carbocycles. The minimum atomic E-state index is 0.490. The van der Waals surface area contributed by atoms with Gasteiger partial charge in [0.05, 0.1) is 10.0 Å². The molecule has 1 aliphatic rings. The Kier molecular flexibility index (Phi) is 4.13. The van der Waals surface area contributed by atoms with Crippen molar-refractivity contribution in [3.05, 3.63) is 39.4 Å². The van der Waals surface area contributed by atoms with Crippen LogP contribution >= 0.6 is 23.2 Å². The number of benzene rings is 1. The van der Waals surface area contributed by atoms with E-state index in [1.54, 1.807) is 0 Å². The molecule has 92 valence electrons. The van der Waals surface area contributed by atoms with Crippen LogP contribution in [0.25, 0.3) is 5.57 Å². The fourth-order valence-electron chi connectivity index (χ4n) is 2.09. The molecule has 0 aromatic heterocycles. The van der Waals surface area contributed by atoms with Crippen molar-refractivity contribution in [3.63, 3.8) is 0 Å². The Hall–Kier alpha value is -0.500. The summed E-state index contributed by atoms with van der Waals surface area (Å²) in [7, 11) is 0. The van der Waals surface area contributed by atoms with Crippen molar-refractivity contribution in [2.75, 3.05) is 6.54 Å². The number of halogens is 2. The van der Waals surface area contributed by atoms with Crippen LogP contribution in [-0.2, 0) is 6.42 Å². The minimum absolute atomic E-state index is 0.490. The van der Waals surface area contributed by atoms with E-state index in [1.807, 2.05) is 12.1 Å². The molecule has 0 saturated carbocycles. The second kappa shape index (κ2) is 5.43. The van der Waals surface area contributed by atoms with Gasteiger partial charge in [0, 0.05) is 12.6 Å². The predicted octanol–water partition coefficient (Wildman–Crippen LogP) is 4.32. The van der Waals surface area contributed by atoms with Gasteiger partial charge in [-0.25, -0.2) is 0 Å². The third kappa shape index (κ3) is 3.04. The second-order valence-electron chi connectivity index (χ2n) is 4.73. The van der Waals surface area contributed by atoms with E-state index in [9.17, 15) is 0 Å². The van der Waals surface area contributed by atoms with Gasteiger partial charge in [-0.05, 0) is 41.7 Å². The largest absolute Gasteiger partial charge is 0.310 e. The van der Waals surface area contributed by atoms with E-state index in [-0.39, 0.29) is 0 Å². The summed E-state index contributed by atoms with van der Waals surface area (Å²) in [6.07, 6.45) is 4.43. The molecule has 0 unspecified atom stereocenters. The Bertz CT molecular complexity index is 450. The van der Waals surface area contributed by atoms with Crippen molar-refractivity contribution >= 4 is 28.8 Å². The molecule has 3 heteroatoms. The first-order valence-corrected chi connectivity index (χ1v) is 6.74. The van der Waals surface area contributed by atoms with Crippen molar-refractivity contribution in [1.82, 2.24) is 5.32 Å². The lowest BCUT2D eigenvalue weighted by Crippen LogP contribution is -2.25. The topological polar surface area (TPSA) is 12.0 Å². The van der Waals surface area contributed by atoms with Crippen molar-refractivity contribution in [1.29, 1.82) is 0 Å². The van der Waals surface area contributed by atoms with Crippen LogP contribution in [-0.4, -0.2) is 12.6 Å². The monoisotopic (exact) mass is 269 g/mol. The molecule has 0 heterocycles. The highest BCUT2D eigenvalue weighted by Gasteiger charge is 2.14. The summed E-state index contributed by atoms with van der Waals surface area (Å²) in [6.45, 7) is 5.20. The van der Waals surface area contributed by atoms with Crippen LogP contribution in [0, 0.1) is 0 Å². The van der Waals surface area contributed by atoms with E-state index in [0.717, 1.165) is 19.4 Å². The standard InChI is InChI=1S/C14H17Cl2N/c1-9(2)17-8-11-5-3-4-10-6-13(15)14(16)7-12(10)11/h5-7,9,17H,3-4,8H2,1-2H3. The molecule has 0 atom stereocenters. The SMILES string of the molecule is CC(C)NCC1=CCCc2cc(Cl)c(Cl)cc21. The predicted molar refractivity (Wildman–Crippen MR) is 75.9 cm³/mol. The van der Waals surface area contributed by atoms with Crippen LogP contribution in [0.2, 0.25) is 10.0 Å². The number of allylic oxidation sites excluding steroid dienone is 1. The summed E-state index contributed by atoms with van der Waals surface area (Å²) in [4.78, 5) is 0. The molecule has 1 aliphatic carbocycles. The van der Waals surface area contributed by atoms with E-state index >= 15 is 0 Å². The van der Waals surface area contributed by atoms with Gasteiger partial charge in [-0.3, -0.25) is 0 Å². The Balaban J connectivity index is 2.27. The third-order valence-corrected chi connectivity index (χ3v) is 3.72. The van der Waals surface area contributed by atoms with Gasteiger partial charge in [0.25, 0.3) is 0 Å². The molecule has 0 spiro atoms. The highest BCUT2D eigenvalue weighted by atomic mass is 35.5. The zero-order valence-electron chi connectivity index (χ0n) is 10.2. The molecule has 17 heavy (non-hydrogen) atoms. The second-order valence-corrected chi connectivity index (χ2v) is 5.54. The van der Waals surface area contributed by atoms with Crippen LogP contribution in [0.4, 0.5) is 0 Å². The van der Waals surface area contributed by atoms with Gasteiger partial charge in [-0.1, -0.05) is 43.1 Å². The van der Waals surface area contributed by atoms with Gasteiger partial charge in [-0.15, -0.1) is 0 Å². The van der Waals surface area contributed by atoms with Crippen molar-refractivity contribution in [2.24, 2.45) is 0 Å². The molecule has 0 saturated heterocycles. The van der Waals surface area contributed by atoms with E-state index in [4.69, 9.17) is 23.2 Å². The lowest BCUT2D eigenvalue weighted by atomic mass is 9.90. The molecule has 1 nitrogen and oxygen atoms in total. The Labute approximate surface area is 113 Å². The zero-order valence-corrected chi connectivity index (χ0v) is 11.7. The number of fused-ring (bicyclic) bond motifs is 1. The smallest absolute Gasteiger partial charge is 0.0598 e. The van der Waals surface area contributed by atoms with Gasteiger partial charge >= 0.3 is 0 Å². The lowest BCUT2D eigenvalue weighted by molar-refractivity contribution is 0.636. The maximum Gasteiger partial charge on any atom is 0.0598 e. The highest BCUT2D eigenvalue weighted by Crippen LogP contribution is 2.33. The fraction of sp³-hybridized carbons (Fsp3) is 0.429. The van der Waals surface area contributed by atoms with Gasteiger partial charge < -0.3 is 5.32 Å². The van der Waals surface area contributed by atoms with Gasteiger partial charge in [0.15, 0.2) is 0 Å². The molecule has 2 rings (SSSR count). The van der Waals surface area contributed by atoms with E-state index < -0.39 is 0 Å².